The predicted octanol–water partition coefficient (Wildman–Crippen LogP) is 4.19. The fourth-order valence-corrected chi connectivity index (χ4v) is 2.25. The molecular formula is C17H15Cl2NO4. The smallest absolute Gasteiger partial charge is 0.339 e. The van der Waals surface area contributed by atoms with E-state index in [0.717, 1.165) is 0 Å². The molecule has 24 heavy (non-hydrogen) atoms. The third-order valence-electron chi connectivity index (χ3n) is 3.16. The molecule has 0 radical (unpaired) electrons. The summed E-state index contributed by atoms with van der Waals surface area (Å²) < 4.78 is 10.2. The number of amides is 1. The molecule has 0 aromatic heterocycles. The van der Waals surface area contributed by atoms with E-state index in [1.165, 1.54) is 13.2 Å². The maximum absolute atomic E-state index is 12.3. The number of carbonyl (C=O) groups excluding carboxylic acids is 2. The Morgan fingerprint density at radius 2 is 1.83 bits per heavy atom. The molecule has 1 amide bonds. The van der Waals surface area contributed by atoms with Gasteiger partial charge in [-0.05, 0) is 31.2 Å². The first-order valence-corrected chi connectivity index (χ1v) is 7.78. The van der Waals surface area contributed by atoms with Gasteiger partial charge in [-0.25, -0.2) is 4.79 Å². The van der Waals surface area contributed by atoms with E-state index in [-0.39, 0.29) is 5.56 Å². The molecule has 0 unspecified atom stereocenters. The molecule has 0 saturated carbocycles. The Balaban J connectivity index is 2.12. The molecule has 0 bridgehead atoms. The van der Waals surface area contributed by atoms with E-state index in [1.807, 2.05) is 0 Å². The number of hydrogen-bond acceptors (Lipinski definition) is 4. The molecule has 126 valence electrons. The van der Waals surface area contributed by atoms with Gasteiger partial charge in [0.15, 0.2) is 6.10 Å². The molecule has 0 heterocycles. The summed E-state index contributed by atoms with van der Waals surface area (Å²) in [6, 6.07) is 11.2. The van der Waals surface area contributed by atoms with Crippen molar-refractivity contribution >= 4 is 40.8 Å². The van der Waals surface area contributed by atoms with Gasteiger partial charge in [0.1, 0.15) is 5.75 Å². The van der Waals surface area contributed by atoms with E-state index in [1.54, 1.807) is 43.3 Å². The number of para-hydroxylation sites is 1. The van der Waals surface area contributed by atoms with Crippen LogP contribution in [0.1, 0.15) is 17.3 Å². The first-order valence-electron chi connectivity index (χ1n) is 7.02. The van der Waals surface area contributed by atoms with Crippen LogP contribution in [0.3, 0.4) is 0 Å². The van der Waals surface area contributed by atoms with Crippen LogP contribution in [-0.2, 0) is 9.53 Å². The fraction of sp³-hybridized carbons (Fsp3) is 0.176. The van der Waals surface area contributed by atoms with Gasteiger partial charge < -0.3 is 14.8 Å². The van der Waals surface area contributed by atoms with Crippen LogP contribution in [0.5, 0.6) is 5.75 Å². The van der Waals surface area contributed by atoms with Crippen LogP contribution in [0.15, 0.2) is 42.5 Å². The molecule has 0 spiro atoms. The SMILES string of the molecule is COC(=O)c1ccccc1NC(=O)[C@H](C)Oc1cc(Cl)ccc1Cl. The van der Waals surface area contributed by atoms with E-state index in [0.29, 0.717) is 21.5 Å². The van der Waals surface area contributed by atoms with Gasteiger partial charge >= 0.3 is 5.97 Å². The summed E-state index contributed by atoms with van der Waals surface area (Å²) in [5.74, 6) is -0.687. The van der Waals surface area contributed by atoms with E-state index in [4.69, 9.17) is 27.9 Å². The summed E-state index contributed by atoms with van der Waals surface area (Å²) in [5, 5.41) is 3.42. The second-order valence-electron chi connectivity index (χ2n) is 4.86. The van der Waals surface area contributed by atoms with Crippen LogP contribution in [0, 0.1) is 0 Å². The lowest BCUT2D eigenvalue weighted by Gasteiger charge is -2.17. The average Bonchev–Trinajstić information content (AvgIpc) is 2.57. The van der Waals surface area contributed by atoms with Crippen LogP contribution < -0.4 is 10.1 Å². The lowest BCUT2D eigenvalue weighted by Crippen LogP contribution is -2.30. The van der Waals surface area contributed by atoms with Crippen molar-refractivity contribution in [1.82, 2.24) is 0 Å². The first kappa shape index (κ1) is 18.1. The zero-order valence-corrected chi connectivity index (χ0v) is 14.5. The molecule has 0 aliphatic carbocycles. The summed E-state index contributed by atoms with van der Waals surface area (Å²) in [7, 11) is 1.27. The Kier molecular flexibility index (Phi) is 6.06. The van der Waals surface area contributed by atoms with Crippen molar-refractivity contribution in [3.8, 4) is 5.75 Å². The molecule has 5 nitrogen and oxygen atoms in total. The predicted molar refractivity (Wildman–Crippen MR) is 93.0 cm³/mol. The van der Waals surface area contributed by atoms with Gasteiger partial charge in [-0.1, -0.05) is 35.3 Å². The Morgan fingerprint density at radius 1 is 1.12 bits per heavy atom. The van der Waals surface area contributed by atoms with Crippen LogP contribution in [-0.4, -0.2) is 25.1 Å². The van der Waals surface area contributed by atoms with Gasteiger partial charge in [-0.15, -0.1) is 0 Å². The third kappa shape index (κ3) is 4.40. The Morgan fingerprint density at radius 3 is 2.54 bits per heavy atom. The second kappa shape index (κ2) is 8.04. The minimum absolute atomic E-state index is 0.251. The number of nitrogens with one attached hydrogen (secondary N) is 1. The van der Waals surface area contributed by atoms with Crippen LogP contribution >= 0.6 is 23.2 Å². The number of carbonyl (C=O) groups is 2. The number of rotatable bonds is 5. The van der Waals surface area contributed by atoms with E-state index < -0.39 is 18.0 Å². The van der Waals surface area contributed by atoms with Crippen LogP contribution in [0.4, 0.5) is 5.69 Å². The maximum Gasteiger partial charge on any atom is 0.339 e. The lowest BCUT2D eigenvalue weighted by molar-refractivity contribution is -0.122. The standard InChI is InChI=1S/C17H15Cl2NO4/c1-10(24-15-9-11(18)7-8-13(15)19)16(21)20-14-6-4-3-5-12(14)17(22)23-2/h3-10H,1-2H3,(H,20,21)/t10-/m0/s1. The van der Waals surface area contributed by atoms with Crippen molar-refractivity contribution in [1.29, 1.82) is 0 Å². The zero-order valence-electron chi connectivity index (χ0n) is 13.0. The molecular weight excluding hydrogens is 353 g/mol. The first-order chi connectivity index (χ1) is 11.4. The number of methoxy groups -OCH3 is 1. The maximum atomic E-state index is 12.3. The minimum atomic E-state index is -0.855. The van der Waals surface area contributed by atoms with Crippen molar-refractivity contribution in [3.63, 3.8) is 0 Å². The number of ether oxygens (including phenoxy) is 2. The van der Waals surface area contributed by atoms with Gasteiger partial charge in [0.05, 0.1) is 23.4 Å². The number of halogens is 2. The van der Waals surface area contributed by atoms with Crippen molar-refractivity contribution in [2.24, 2.45) is 0 Å². The number of anilines is 1. The minimum Gasteiger partial charge on any atom is -0.479 e. The lowest BCUT2D eigenvalue weighted by atomic mass is 10.1. The molecule has 7 heteroatoms. The highest BCUT2D eigenvalue weighted by atomic mass is 35.5. The summed E-state index contributed by atoms with van der Waals surface area (Å²) in [4.78, 5) is 24.0. The van der Waals surface area contributed by atoms with Gasteiger partial charge in [0, 0.05) is 11.1 Å². The zero-order chi connectivity index (χ0) is 17.7. The van der Waals surface area contributed by atoms with Crippen molar-refractivity contribution in [2.45, 2.75) is 13.0 Å². The van der Waals surface area contributed by atoms with E-state index in [2.05, 4.69) is 10.1 Å². The number of esters is 1. The summed E-state index contributed by atoms with van der Waals surface area (Å²) >= 11 is 11.9. The molecule has 2 rings (SSSR count). The van der Waals surface area contributed by atoms with E-state index >= 15 is 0 Å². The highest BCUT2D eigenvalue weighted by Crippen LogP contribution is 2.28. The topological polar surface area (TPSA) is 64.6 Å². The highest BCUT2D eigenvalue weighted by molar-refractivity contribution is 6.34. The molecule has 0 fully saturated rings. The summed E-state index contributed by atoms with van der Waals surface area (Å²) in [5.41, 5.74) is 0.586. The Labute approximate surface area is 149 Å². The van der Waals surface area contributed by atoms with E-state index in [9.17, 15) is 9.59 Å². The van der Waals surface area contributed by atoms with Gasteiger partial charge in [-0.3, -0.25) is 4.79 Å². The van der Waals surface area contributed by atoms with Crippen LogP contribution in [0.2, 0.25) is 10.0 Å². The molecule has 1 N–H and O–H groups in total. The van der Waals surface area contributed by atoms with Crippen molar-refractivity contribution < 1.29 is 19.1 Å². The Bertz CT molecular complexity index is 764. The quantitative estimate of drug-likeness (QED) is 0.804. The van der Waals surface area contributed by atoms with Crippen LogP contribution in [0.25, 0.3) is 0 Å². The van der Waals surface area contributed by atoms with Gasteiger partial charge in [-0.2, -0.15) is 0 Å². The normalized spacial score (nSPS) is 11.5. The van der Waals surface area contributed by atoms with Gasteiger partial charge in [0.2, 0.25) is 0 Å². The van der Waals surface area contributed by atoms with Gasteiger partial charge in [0.25, 0.3) is 5.91 Å². The number of hydrogen-bond donors (Lipinski definition) is 1. The third-order valence-corrected chi connectivity index (χ3v) is 3.70. The molecule has 0 saturated heterocycles. The molecule has 0 aliphatic rings. The molecule has 2 aromatic carbocycles. The fourth-order valence-electron chi connectivity index (χ4n) is 1.93. The summed E-state index contributed by atoms with van der Waals surface area (Å²) in [6.45, 7) is 1.56. The monoisotopic (exact) mass is 367 g/mol. The van der Waals surface area contributed by atoms with Crippen molar-refractivity contribution in [2.75, 3.05) is 12.4 Å². The summed E-state index contributed by atoms with van der Waals surface area (Å²) in [6.07, 6.45) is -0.855. The average molecular weight is 368 g/mol. The number of benzene rings is 2. The highest BCUT2D eigenvalue weighted by Gasteiger charge is 2.19. The molecule has 0 aliphatic heterocycles. The Hall–Kier alpha value is -2.24. The largest absolute Gasteiger partial charge is 0.479 e. The second-order valence-corrected chi connectivity index (χ2v) is 5.70. The van der Waals surface area contributed by atoms with Crippen molar-refractivity contribution in [3.05, 3.63) is 58.1 Å². The molecule has 2 aromatic rings. The molecule has 1 atom stereocenters.